The number of nitrogens with zero attached hydrogens (tertiary/aromatic N) is 5. The molecular weight excluding hydrogens is 1330 g/mol. The van der Waals surface area contributed by atoms with Crippen molar-refractivity contribution in [1.82, 2.24) is 4.98 Å². The first kappa shape index (κ1) is 61.9. The number of hydrogen-bond acceptors (Lipinski definition) is 5. The minimum Gasteiger partial charge on any atom is -0.245 e. The lowest BCUT2D eigenvalue weighted by Gasteiger charge is -2.06. The van der Waals surface area contributed by atoms with Crippen LogP contribution in [-0.2, 0) is 28.2 Å². The van der Waals surface area contributed by atoms with Gasteiger partial charge in [-0.1, -0.05) is 187 Å². The number of aromatic nitrogens is 5. The first-order chi connectivity index (χ1) is 51.3. The number of fused-ring (bicyclic) bond motifs is 20. The second kappa shape index (κ2) is 26.5. The van der Waals surface area contributed by atoms with Gasteiger partial charge in [-0.2, -0.15) is 13.7 Å². The largest absolute Gasteiger partial charge is 0.245 e. The minimum absolute atomic E-state index is 0.385. The molecule has 11 aromatic carbocycles. The summed E-state index contributed by atoms with van der Waals surface area (Å²) < 4.78 is 41.1. The van der Waals surface area contributed by atoms with Gasteiger partial charge >= 0.3 is 0 Å². The Morgan fingerprint density at radius 3 is 1.19 bits per heavy atom. The molecule has 0 fully saturated rings. The van der Waals surface area contributed by atoms with Crippen LogP contribution < -0.4 is 18.3 Å². The zero-order chi connectivity index (χ0) is 73.0. The van der Waals surface area contributed by atoms with Gasteiger partial charge in [-0.25, -0.2) is 9.55 Å². The summed E-state index contributed by atoms with van der Waals surface area (Å²) in [5.74, 6) is 0. The van der Waals surface area contributed by atoms with Crippen LogP contribution in [0.2, 0.25) is 0 Å². The molecule has 0 amide bonds. The van der Waals surface area contributed by atoms with Gasteiger partial charge in [0.15, 0.2) is 24.8 Å². The predicted octanol–water partition coefficient (Wildman–Crippen LogP) is 24.4. The molecule has 0 saturated carbocycles. The molecule has 0 bridgehead atoms. The molecule has 0 aliphatic carbocycles. The summed E-state index contributed by atoms with van der Waals surface area (Å²) in [5, 5.41) is 20.9. The van der Waals surface area contributed by atoms with E-state index < -0.39 is 6.85 Å². The van der Waals surface area contributed by atoms with Crippen LogP contribution in [0.1, 0.15) is 43.1 Å². The van der Waals surface area contributed by atoms with Crippen LogP contribution in [0.4, 0.5) is 0 Å². The molecule has 498 valence electrons. The van der Waals surface area contributed by atoms with Gasteiger partial charge in [0.05, 0.1) is 14.8 Å². The topological polar surface area (TPSA) is 28.4 Å². The van der Waals surface area contributed by atoms with Crippen molar-refractivity contribution in [3.63, 3.8) is 0 Å². The first-order valence-corrected chi connectivity index (χ1v) is 38.2. The van der Waals surface area contributed by atoms with Gasteiger partial charge in [0.1, 0.15) is 37.7 Å². The molecule has 0 unspecified atom stereocenters. The van der Waals surface area contributed by atoms with Crippen molar-refractivity contribution in [2.24, 2.45) is 28.2 Å². The zero-order valence-electron chi connectivity index (χ0n) is 62.3. The lowest BCUT2D eigenvalue weighted by atomic mass is 10.00. The fourth-order valence-corrected chi connectivity index (χ4v) is 20.0. The van der Waals surface area contributed by atoms with Crippen molar-refractivity contribution in [3.8, 4) is 45.0 Å². The highest BCUT2D eigenvalue weighted by molar-refractivity contribution is 7.27. The van der Waals surface area contributed by atoms with Crippen LogP contribution in [0.3, 0.4) is 0 Å². The van der Waals surface area contributed by atoms with Crippen LogP contribution in [0, 0.1) is 48.4 Å². The quantitative estimate of drug-likeness (QED) is 0.161. The monoisotopic (exact) mass is 1410 g/mol. The average Bonchev–Trinajstić information content (AvgIpc) is 1.70. The summed E-state index contributed by atoms with van der Waals surface area (Å²) in [7, 11) is 8.47. The van der Waals surface area contributed by atoms with Crippen molar-refractivity contribution in [2.45, 2.75) is 48.4 Å². The van der Waals surface area contributed by atoms with E-state index in [-0.39, 0.29) is 0 Å². The molecule has 9 heterocycles. The Kier molecular flexibility index (Phi) is 15.9. The van der Waals surface area contributed by atoms with Gasteiger partial charge in [0, 0.05) is 119 Å². The van der Waals surface area contributed by atoms with E-state index in [2.05, 4.69) is 324 Å². The highest BCUT2D eigenvalue weighted by atomic mass is 32.1. The van der Waals surface area contributed by atoms with E-state index in [0.29, 0.717) is 5.56 Å². The molecule has 9 aromatic heterocycles. The maximum atomic E-state index is 7.67. The van der Waals surface area contributed by atoms with E-state index in [0.717, 1.165) is 21.7 Å². The fourth-order valence-electron chi connectivity index (χ4n) is 15.4. The molecule has 0 aliphatic heterocycles. The minimum atomic E-state index is -2.08. The summed E-state index contributed by atoms with van der Waals surface area (Å²) in [4.78, 5) is 5.81. The fraction of sp³-hybridized carbons (Fsp3) is 0.117. The Balaban J connectivity index is 0.000000104. The van der Waals surface area contributed by atoms with Gasteiger partial charge in [0.2, 0.25) is 22.8 Å². The normalized spacial score (nSPS) is 12.2. The van der Waals surface area contributed by atoms with Gasteiger partial charge in [0.25, 0.3) is 0 Å². The van der Waals surface area contributed by atoms with Gasteiger partial charge in [-0.3, -0.25) is 0 Å². The van der Waals surface area contributed by atoms with Crippen LogP contribution in [0.15, 0.2) is 268 Å². The number of thiophene rings is 4. The molecule has 103 heavy (non-hydrogen) atoms. The third-order valence-electron chi connectivity index (χ3n) is 20.6. The summed E-state index contributed by atoms with van der Waals surface area (Å²) in [6.07, 6.45) is 11.0. The highest BCUT2D eigenvalue weighted by Gasteiger charge is 2.24. The van der Waals surface area contributed by atoms with Crippen LogP contribution >= 0.6 is 45.3 Å². The van der Waals surface area contributed by atoms with E-state index in [1.807, 2.05) is 53.2 Å². The second-order valence-electron chi connectivity index (χ2n) is 27.6. The molecule has 0 aliphatic rings. The molecule has 0 saturated heterocycles. The maximum Gasteiger partial charge on any atom is 0.213 e. The molecule has 20 rings (SSSR count). The van der Waals surface area contributed by atoms with E-state index in [1.165, 1.54) is 181 Å². The number of pyridine rings is 5. The lowest BCUT2D eigenvalue weighted by Crippen LogP contribution is -2.30. The lowest BCUT2D eigenvalue weighted by molar-refractivity contribution is -0.659. The number of benzene rings is 11. The summed E-state index contributed by atoms with van der Waals surface area (Å²) in [5.41, 5.74) is 17.6. The summed E-state index contributed by atoms with van der Waals surface area (Å²) >= 11 is 7.33. The Hall–Kier alpha value is -10.9. The molecule has 9 heteroatoms. The van der Waals surface area contributed by atoms with Crippen molar-refractivity contribution in [2.75, 3.05) is 0 Å². The molecule has 20 aromatic rings. The summed E-state index contributed by atoms with van der Waals surface area (Å²) in [6, 6.07) is 84.6. The van der Waals surface area contributed by atoms with Gasteiger partial charge < -0.3 is 0 Å². The Morgan fingerprint density at radius 2 is 0.660 bits per heavy atom. The number of hydrogen-bond donors (Lipinski definition) is 0. The molecule has 0 N–H and O–H groups in total. The van der Waals surface area contributed by atoms with E-state index in [9.17, 15) is 0 Å². The van der Waals surface area contributed by atoms with Crippen LogP contribution in [-0.4, -0.2) is 4.98 Å². The van der Waals surface area contributed by atoms with Crippen molar-refractivity contribution in [3.05, 3.63) is 307 Å². The molecule has 0 spiro atoms. The number of aryl methyl sites for hydroxylation is 11. The van der Waals surface area contributed by atoms with E-state index in [1.54, 1.807) is 23.5 Å². The third-order valence-corrected chi connectivity index (χ3v) is 25.0. The maximum absolute atomic E-state index is 7.67. The first-order valence-electron chi connectivity index (χ1n) is 36.4. The van der Waals surface area contributed by atoms with Crippen molar-refractivity contribution < 1.29 is 22.4 Å². The summed E-state index contributed by atoms with van der Waals surface area (Å²) in [6.45, 7) is 10.7. The van der Waals surface area contributed by atoms with E-state index in [4.69, 9.17) is 9.10 Å². The third kappa shape index (κ3) is 11.8. The number of rotatable bonds is 4. The molecular formula is C94H77N5S4+4. The van der Waals surface area contributed by atoms with E-state index >= 15 is 0 Å². The molecule has 5 nitrogen and oxygen atoms in total. The van der Waals surface area contributed by atoms with Crippen molar-refractivity contribution in [1.29, 1.82) is 0 Å². The Bertz CT molecular complexity index is 6770. The van der Waals surface area contributed by atoms with Crippen LogP contribution in [0.25, 0.3) is 169 Å². The Labute approximate surface area is 620 Å². The van der Waals surface area contributed by atoms with Crippen molar-refractivity contribution >= 4 is 169 Å². The smallest absolute Gasteiger partial charge is 0.213 e. The predicted molar refractivity (Wildman–Crippen MR) is 445 cm³/mol. The van der Waals surface area contributed by atoms with Gasteiger partial charge in [-0.05, 0) is 151 Å². The average molecular weight is 1410 g/mol. The second-order valence-corrected chi connectivity index (χ2v) is 31.9. The standard InChI is InChI=1S/C25H22NS.C24H20NS.C23H18NS.C22H17N2S/c1-15-5-8-19(17(3)11-15)22-13-24-21(14-26(22)4)25-20-9-6-16(2)12-18(20)7-10-23(25)27-24;1-15-8-10-18(16(2)12-15)21-13-20-23(14-25(21)3)26-22-11-9-17-6-4-5-7-19(17)24(20)22;1-15-7-3-5-9-17(15)20-13-19-22(14-24(20)2)25-21-12-11-16-8-4-6-10-18(16)23(19)21;1-14-7-3-5-9-16(14)19-11-18-20(13-24(19)2)25-22-21(18)17-10-6-4-8-15(17)12-23-22/h5-14H,1-4H3;4-14H,1-3H3;3-14H,1-2H3;3-13H,1-2H3/q4*+1/i1D3;;;. The van der Waals surface area contributed by atoms with Gasteiger partial charge in [-0.15, -0.1) is 45.3 Å². The molecule has 0 radical (unpaired) electrons. The Morgan fingerprint density at radius 1 is 0.272 bits per heavy atom. The molecule has 0 atom stereocenters. The SMILES string of the molecule is Cc1ccc(-c2cc3c(c[n+]2C)sc2ccc4ccccc4c23)c(C)c1.Cc1ccccc1-c1cc2c(c[n+]1C)sc1ccc3ccccc3c12.Cc1ccccc1-c1cc2c(c[n+]1C)sc1ncc3ccccc3c12.[2H]C([2H])([2H])c1ccc(-c2cc3sc4ccc5cc(C)ccc5c4c3c[n+]2C)c(C)c1. The van der Waals surface area contributed by atoms with Crippen LogP contribution in [0.5, 0.6) is 0 Å². The highest BCUT2D eigenvalue weighted by Crippen LogP contribution is 2.44. The zero-order valence-corrected chi connectivity index (χ0v) is 62.5.